The van der Waals surface area contributed by atoms with Crippen molar-refractivity contribution in [2.75, 3.05) is 0 Å². The summed E-state index contributed by atoms with van der Waals surface area (Å²) in [7, 11) is 0. The molecule has 0 N–H and O–H groups in total. The lowest BCUT2D eigenvalue weighted by Gasteiger charge is -2.02. The van der Waals surface area contributed by atoms with Crippen molar-refractivity contribution in [2.24, 2.45) is 5.92 Å². The molecule has 2 nitrogen and oxygen atoms in total. The summed E-state index contributed by atoms with van der Waals surface area (Å²) in [6.07, 6.45) is 0.734. The number of hydrogen-bond acceptors (Lipinski definition) is 2. The van der Waals surface area contributed by atoms with Crippen LogP contribution in [0.1, 0.15) is 17.0 Å². The zero-order chi connectivity index (χ0) is 11.9. The van der Waals surface area contributed by atoms with Crippen molar-refractivity contribution in [1.29, 1.82) is 5.26 Å². The Morgan fingerprint density at radius 1 is 1.38 bits per heavy atom. The van der Waals surface area contributed by atoms with E-state index in [-0.39, 0.29) is 5.92 Å². The van der Waals surface area contributed by atoms with Gasteiger partial charge in [-0.3, -0.25) is 0 Å². The van der Waals surface area contributed by atoms with Crippen molar-refractivity contribution in [1.82, 2.24) is 0 Å². The van der Waals surface area contributed by atoms with Crippen LogP contribution in [0.3, 0.4) is 0 Å². The fourth-order valence-electron chi connectivity index (χ4n) is 1.81. The van der Waals surface area contributed by atoms with Crippen LogP contribution in [0.4, 0.5) is 0 Å². The van der Waals surface area contributed by atoms with Gasteiger partial charge < -0.3 is 4.79 Å². The number of carbonyl (C=O) groups is 1. The average molecular weight is 275 g/mol. The SMILES string of the molecule is N#Cc1cc(Cl)cc([C@H]2[C@H](C=O)C2(Cl)Cl)c1. The number of halogens is 3. The summed E-state index contributed by atoms with van der Waals surface area (Å²) in [4.78, 5) is 10.7. The zero-order valence-corrected chi connectivity index (χ0v) is 10.2. The van der Waals surface area contributed by atoms with E-state index in [4.69, 9.17) is 40.1 Å². The maximum absolute atomic E-state index is 10.7. The molecule has 16 heavy (non-hydrogen) atoms. The molecule has 0 unspecified atom stereocenters. The average Bonchev–Trinajstić information content (AvgIpc) is 2.79. The third-order valence-corrected chi connectivity index (χ3v) is 3.86. The van der Waals surface area contributed by atoms with Gasteiger partial charge >= 0.3 is 0 Å². The lowest BCUT2D eigenvalue weighted by molar-refractivity contribution is -0.108. The molecule has 0 amide bonds. The Hall–Kier alpha value is -0.750. The van der Waals surface area contributed by atoms with Crippen molar-refractivity contribution in [3.05, 3.63) is 34.3 Å². The molecule has 0 aliphatic heterocycles. The van der Waals surface area contributed by atoms with Gasteiger partial charge in [0.25, 0.3) is 0 Å². The van der Waals surface area contributed by atoms with E-state index in [0.29, 0.717) is 10.6 Å². The van der Waals surface area contributed by atoms with Gasteiger partial charge in [0.2, 0.25) is 0 Å². The third kappa shape index (κ3) is 1.80. The minimum atomic E-state index is -1.07. The number of nitrogens with zero attached hydrogens (tertiary/aromatic N) is 1. The Kier molecular flexibility index (Phi) is 2.88. The van der Waals surface area contributed by atoms with Crippen LogP contribution in [0.2, 0.25) is 5.02 Å². The van der Waals surface area contributed by atoms with Crippen LogP contribution < -0.4 is 0 Å². The predicted molar refractivity (Wildman–Crippen MR) is 62.9 cm³/mol. The van der Waals surface area contributed by atoms with Crippen LogP contribution in [0, 0.1) is 17.2 Å². The quantitative estimate of drug-likeness (QED) is 0.613. The normalized spacial score (nSPS) is 25.9. The zero-order valence-electron chi connectivity index (χ0n) is 7.95. The standard InChI is InChI=1S/C11H6Cl3NO/c12-8-2-6(4-15)1-7(3-8)10-9(5-16)11(10,13)14/h1-3,5,9-10H/t9-,10-/m0/s1. The van der Waals surface area contributed by atoms with E-state index in [1.54, 1.807) is 18.2 Å². The van der Waals surface area contributed by atoms with E-state index in [2.05, 4.69) is 0 Å². The van der Waals surface area contributed by atoms with Crippen molar-refractivity contribution < 1.29 is 4.79 Å². The Labute approximate surface area is 108 Å². The van der Waals surface area contributed by atoms with Gasteiger partial charge in [-0.05, 0) is 23.8 Å². The molecule has 0 heterocycles. The molecule has 0 spiro atoms. The summed E-state index contributed by atoms with van der Waals surface area (Å²) < 4.78 is -1.07. The highest BCUT2D eigenvalue weighted by Crippen LogP contribution is 2.64. The van der Waals surface area contributed by atoms with Crippen LogP contribution in [0.25, 0.3) is 0 Å². The molecule has 0 aromatic heterocycles. The van der Waals surface area contributed by atoms with E-state index in [0.717, 1.165) is 11.8 Å². The van der Waals surface area contributed by atoms with E-state index in [1.807, 2.05) is 6.07 Å². The van der Waals surface area contributed by atoms with E-state index < -0.39 is 10.3 Å². The Balaban J connectivity index is 2.40. The number of benzene rings is 1. The maximum Gasteiger partial charge on any atom is 0.136 e. The van der Waals surface area contributed by atoms with Gasteiger partial charge in [0.15, 0.2) is 0 Å². The molecule has 1 fully saturated rings. The second kappa shape index (κ2) is 3.92. The molecule has 1 aromatic rings. The number of nitriles is 1. The molecule has 5 heteroatoms. The molecule has 0 radical (unpaired) electrons. The second-order valence-electron chi connectivity index (χ2n) is 3.70. The minimum absolute atomic E-state index is 0.279. The van der Waals surface area contributed by atoms with Crippen LogP contribution >= 0.6 is 34.8 Å². The first-order valence-corrected chi connectivity index (χ1v) is 5.67. The lowest BCUT2D eigenvalue weighted by Crippen LogP contribution is -1.91. The minimum Gasteiger partial charge on any atom is -0.303 e. The summed E-state index contributed by atoms with van der Waals surface area (Å²) in [5, 5.41) is 9.24. The molecule has 0 bridgehead atoms. The number of hydrogen-bond donors (Lipinski definition) is 0. The lowest BCUT2D eigenvalue weighted by atomic mass is 10.1. The molecule has 1 aliphatic rings. The van der Waals surface area contributed by atoms with Crippen LogP contribution in [-0.4, -0.2) is 10.6 Å². The number of rotatable bonds is 2. The van der Waals surface area contributed by atoms with Gasteiger partial charge in [-0.2, -0.15) is 5.26 Å². The Morgan fingerprint density at radius 3 is 2.56 bits per heavy atom. The van der Waals surface area contributed by atoms with Gasteiger partial charge in [0.05, 0.1) is 17.6 Å². The topological polar surface area (TPSA) is 40.9 Å². The highest BCUT2D eigenvalue weighted by molar-refractivity contribution is 6.53. The molecule has 1 aliphatic carbocycles. The smallest absolute Gasteiger partial charge is 0.136 e. The number of carbonyl (C=O) groups excluding carboxylic acids is 1. The predicted octanol–water partition coefficient (Wildman–Crippen LogP) is 3.30. The van der Waals surface area contributed by atoms with Crippen molar-refractivity contribution in [3.8, 4) is 6.07 Å². The van der Waals surface area contributed by atoms with E-state index in [1.165, 1.54) is 0 Å². The first kappa shape index (κ1) is 11.7. The van der Waals surface area contributed by atoms with Crippen LogP contribution in [0.15, 0.2) is 18.2 Å². The molecule has 2 atom stereocenters. The van der Waals surface area contributed by atoms with Crippen molar-refractivity contribution in [3.63, 3.8) is 0 Å². The Bertz CT molecular complexity index is 492. The van der Waals surface area contributed by atoms with Gasteiger partial charge in [0, 0.05) is 10.9 Å². The molecule has 82 valence electrons. The van der Waals surface area contributed by atoms with E-state index in [9.17, 15) is 4.79 Å². The Morgan fingerprint density at radius 2 is 2.06 bits per heavy atom. The summed E-state index contributed by atoms with van der Waals surface area (Å²) in [6, 6.07) is 6.87. The summed E-state index contributed by atoms with van der Waals surface area (Å²) >= 11 is 17.8. The van der Waals surface area contributed by atoms with Gasteiger partial charge in [-0.15, -0.1) is 23.2 Å². The highest BCUT2D eigenvalue weighted by Gasteiger charge is 2.64. The second-order valence-corrected chi connectivity index (χ2v) is 5.58. The van der Waals surface area contributed by atoms with Gasteiger partial charge in [-0.25, -0.2) is 0 Å². The molecule has 0 saturated heterocycles. The largest absolute Gasteiger partial charge is 0.303 e. The molecule has 2 rings (SSSR count). The van der Waals surface area contributed by atoms with Gasteiger partial charge in [-0.1, -0.05) is 11.6 Å². The molecule has 1 aromatic carbocycles. The first-order chi connectivity index (χ1) is 7.50. The van der Waals surface area contributed by atoms with E-state index >= 15 is 0 Å². The third-order valence-electron chi connectivity index (χ3n) is 2.66. The molecular formula is C11H6Cl3NO. The monoisotopic (exact) mass is 273 g/mol. The molecule has 1 saturated carbocycles. The molecular weight excluding hydrogens is 268 g/mol. The van der Waals surface area contributed by atoms with Crippen LogP contribution in [-0.2, 0) is 4.79 Å². The highest BCUT2D eigenvalue weighted by atomic mass is 35.5. The maximum atomic E-state index is 10.7. The van der Waals surface area contributed by atoms with Crippen LogP contribution in [0.5, 0.6) is 0 Å². The number of alkyl halides is 2. The fraction of sp³-hybridized carbons (Fsp3) is 0.273. The van der Waals surface area contributed by atoms with Crippen molar-refractivity contribution >= 4 is 41.1 Å². The summed E-state index contributed by atoms with van der Waals surface area (Å²) in [6.45, 7) is 0. The fourth-order valence-corrected chi connectivity index (χ4v) is 2.80. The van der Waals surface area contributed by atoms with Crippen molar-refractivity contribution in [2.45, 2.75) is 10.3 Å². The first-order valence-electron chi connectivity index (χ1n) is 4.54. The number of aldehydes is 1. The summed E-state index contributed by atoms with van der Waals surface area (Å²) in [5.74, 6) is -0.708. The summed E-state index contributed by atoms with van der Waals surface area (Å²) in [5.41, 5.74) is 1.16. The van der Waals surface area contributed by atoms with Gasteiger partial charge in [0.1, 0.15) is 10.6 Å².